The van der Waals surface area contributed by atoms with Crippen molar-refractivity contribution in [2.45, 2.75) is 6.92 Å². The molecule has 134 valence electrons. The minimum atomic E-state index is -0.188. The van der Waals surface area contributed by atoms with Gasteiger partial charge in [0.2, 0.25) is 0 Å². The Balaban J connectivity index is 1.54. The number of hydrogen-bond acceptors (Lipinski definition) is 4. The van der Waals surface area contributed by atoms with Crippen LogP contribution in [0.2, 0.25) is 5.02 Å². The number of aryl methyl sites for hydroxylation is 1. The van der Waals surface area contributed by atoms with Gasteiger partial charge in [0.25, 0.3) is 5.91 Å². The van der Waals surface area contributed by atoms with E-state index in [2.05, 4.69) is 10.3 Å². The molecule has 0 radical (unpaired) electrons. The van der Waals surface area contributed by atoms with Gasteiger partial charge in [0.05, 0.1) is 10.6 Å². The van der Waals surface area contributed by atoms with Crippen molar-refractivity contribution in [2.75, 3.05) is 0 Å². The third kappa shape index (κ3) is 4.15. The standard InChI is InChI=1S/C21H15ClN2O2S/c1-13-5-7-16(8-6-13)23-21-24-20(25)19(27-21)12-17-9-10-18(26-17)14-3-2-4-15(22)11-14/h2-12H,1H3,(H,23,24,25). The highest BCUT2D eigenvalue weighted by atomic mass is 35.5. The highest BCUT2D eigenvalue weighted by Crippen LogP contribution is 2.30. The zero-order valence-electron chi connectivity index (χ0n) is 14.4. The molecule has 0 spiro atoms. The number of hydrogen-bond donors (Lipinski definition) is 1. The van der Waals surface area contributed by atoms with Crippen molar-refractivity contribution < 1.29 is 9.21 Å². The quantitative estimate of drug-likeness (QED) is 0.571. The molecule has 2 heterocycles. The van der Waals surface area contributed by atoms with Gasteiger partial charge in [-0.05, 0) is 55.1 Å². The molecule has 4 nitrogen and oxygen atoms in total. The summed E-state index contributed by atoms with van der Waals surface area (Å²) in [7, 11) is 0. The van der Waals surface area contributed by atoms with Crippen LogP contribution in [0.1, 0.15) is 11.3 Å². The fourth-order valence-corrected chi connectivity index (χ4v) is 3.59. The van der Waals surface area contributed by atoms with Crippen LogP contribution in [-0.2, 0) is 4.79 Å². The molecule has 0 saturated carbocycles. The lowest BCUT2D eigenvalue weighted by atomic mass is 10.2. The summed E-state index contributed by atoms with van der Waals surface area (Å²) in [5, 5.41) is 3.98. The highest BCUT2D eigenvalue weighted by Gasteiger charge is 2.24. The fourth-order valence-electron chi connectivity index (χ4n) is 2.57. The average molecular weight is 395 g/mol. The number of aliphatic imine (C=N–C) groups is 1. The van der Waals surface area contributed by atoms with E-state index in [-0.39, 0.29) is 5.91 Å². The lowest BCUT2D eigenvalue weighted by Crippen LogP contribution is -2.19. The molecule has 6 heteroatoms. The normalized spacial score (nSPS) is 16.9. The van der Waals surface area contributed by atoms with Crippen molar-refractivity contribution in [1.82, 2.24) is 5.32 Å². The number of thioether (sulfide) groups is 1. The van der Waals surface area contributed by atoms with Crippen LogP contribution in [0.3, 0.4) is 0 Å². The van der Waals surface area contributed by atoms with Crippen molar-refractivity contribution in [3.8, 4) is 11.3 Å². The van der Waals surface area contributed by atoms with Crippen LogP contribution >= 0.6 is 23.4 Å². The van der Waals surface area contributed by atoms with E-state index in [1.54, 1.807) is 6.08 Å². The Hall–Kier alpha value is -2.76. The predicted octanol–water partition coefficient (Wildman–Crippen LogP) is 5.80. The summed E-state index contributed by atoms with van der Waals surface area (Å²) < 4.78 is 5.83. The molecule has 0 atom stereocenters. The monoisotopic (exact) mass is 394 g/mol. The Labute approximate surface area is 166 Å². The largest absolute Gasteiger partial charge is 0.457 e. The molecule has 1 saturated heterocycles. The molecule has 0 aliphatic carbocycles. The molecule has 1 aliphatic rings. The molecule has 3 aromatic rings. The zero-order chi connectivity index (χ0) is 18.8. The Bertz CT molecular complexity index is 1070. The summed E-state index contributed by atoms with van der Waals surface area (Å²) in [4.78, 5) is 17.2. The summed E-state index contributed by atoms with van der Waals surface area (Å²) in [5.41, 5.74) is 2.85. The first-order chi connectivity index (χ1) is 13.1. The van der Waals surface area contributed by atoms with Crippen LogP contribution in [0, 0.1) is 6.92 Å². The number of carbonyl (C=O) groups excluding carboxylic acids is 1. The molecule has 27 heavy (non-hydrogen) atoms. The number of rotatable bonds is 3. The van der Waals surface area contributed by atoms with Crippen LogP contribution in [0.5, 0.6) is 0 Å². The minimum Gasteiger partial charge on any atom is -0.457 e. The van der Waals surface area contributed by atoms with E-state index in [0.29, 0.717) is 26.6 Å². The van der Waals surface area contributed by atoms with Crippen LogP contribution in [0.15, 0.2) is 75.0 Å². The predicted molar refractivity (Wildman–Crippen MR) is 111 cm³/mol. The number of amidine groups is 1. The highest BCUT2D eigenvalue weighted by molar-refractivity contribution is 8.18. The van der Waals surface area contributed by atoms with Gasteiger partial charge in [-0.25, -0.2) is 4.99 Å². The molecular formula is C21H15ClN2O2S. The van der Waals surface area contributed by atoms with Gasteiger partial charge in [-0.1, -0.05) is 41.4 Å². The summed E-state index contributed by atoms with van der Waals surface area (Å²) in [6.07, 6.45) is 1.71. The smallest absolute Gasteiger partial charge is 0.264 e. The van der Waals surface area contributed by atoms with Crippen LogP contribution in [-0.4, -0.2) is 11.1 Å². The van der Waals surface area contributed by atoms with E-state index < -0.39 is 0 Å². The Morgan fingerprint density at radius 1 is 1.11 bits per heavy atom. The summed E-state index contributed by atoms with van der Waals surface area (Å²) in [6.45, 7) is 2.02. The van der Waals surface area contributed by atoms with Crippen molar-refractivity contribution in [2.24, 2.45) is 4.99 Å². The molecule has 1 aliphatic heterocycles. The van der Waals surface area contributed by atoms with Gasteiger partial charge in [0.15, 0.2) is 5.17 Å². The number of benzene rings is 2. The molecular weight excluding hydrogens is 380 g/mol. The van der Waals surface area contributed by atoms with Gasteiger partial charge in [-0.3, -0.25) is 4.79 Å². The number of nitrogens with one attached hydrogen (secondary N) is 1. The van der Waals surface area contributed by atoms with Gasteiger partial charge in [-0.15, -0.1) is 0 Å². The van der Waals surface area contributed by atoms with Crippen molar-refractivity contribution in [3.05, 3.63) is 81.9 Å². The molecule has 1 fully saturated rings. The summed E-state index contributed by atoms with van der Waals surface area (Å²) in [6, 6.07) is 18.9. The van der Waals surface area contributed by atoms with Gasteiger partial charge in [0.1, 0.15) is 11.5 Å². The fraction of sp³-hybridized carbons (Fsp3) is 0.0476. The van der Waals surface area contributed by atoms with Crippen molar-refractivity contribution in [1.29, 1.82) is 0 Å². The minimum absolute atomic E-state index is 0.188. The second-order valence-electron chi connectivity index (χ2n) is 6.03. The van der Waals surface area contributed by atoms with Crippen LogP contribution in [0.25, 0.3) is 17.4 Å². The maximum Gasteiger partial charge on any atom is 0.264 e. The second-order valence-corrected chi connectivity index (χ2v) is 7.50. The van der Waals surface area contributed by atoms with E-state index in [1.807, 2.05) is 67.6 Å². The Morgan fingerprint density at radius 3 is 2.70 bits per heavy atom. The van der Waals surface area contributed by atoms with E-state index in [0.717, 1.165) is 16.8 Å². The zero-order valence-corrected chi connectivity index (χ0v) is 16.0. The Kier molecular flexibility index (Phi) is 4.88. The lowest BCUT2D eigenvalue weighted by molar-refractivity contribution is -0.115. The third-order valence-electron chi connectivity index (χ3n) is 3.92. The number of nitrogens with zero attached hydrogens (tertiary/aromatic N) is 1. The van der Waals surface area contributed by atoms with Crippen LogP contribution in [0.4, 0.5) is 5.69 Å². The number of carbonyl (C=O) groups is 1. The number of halogens is 1. The summed E-state index contributed by atoms with van der Waals surface area (Å²) >= 11 is 7.32. The first kappa shape index (κ1) is 17.6. The molecule has 1 N–H and O–H groups in total. The van der Waals surface area contributed by atoms with E-state index >= 15 is 0 Å². The van der Waals surface area contributed by atoms with Gasteiger partial charge in [0, 0.05) is 16.7 Å². The summed E-state index contributed by atoms with van der Waals surface area (Å²) in [5.74, 6) is 1.10. The third-order valence-corrected chi connectivity index (χ3v) is 5.07. The lowest BCUT2D eigenvalue weighted by Gasteiger charge is -1.97. The van der Waals surface area contributed by atoms with Gasteiger partial charge in [-0.2, -0.15) is 0 Å². The van der Waals surface area contributed by atoms with Crippen molar-refractivity contribution in [3.63, 3.8) is 0 Å². The van der Waals surface area contributed by atoms with Crippen molar-refractivity contribution >= 4 is 46.2 Å². The molecule has 2 aromatic carbocycles. The van der Waals surface area contributed by atoms with E-state index in [9.17, 15) is 4.79 Å². The van der Waals surface area contributed by atoms with E-state index in [4.69, 9.17) is 16.0 Å². The molecule has 1 aromatic heterocycles. The number of amides is 1. The Morgan fingerprint density at radius 2 is 1.93 bits per heavy atom. The maximum absolute atomic E-state index is 12.2. The molecule has 0 unspecified atom stereocenters. The molecule has 0 bridgehead atoms. The molecule has 4 rings (SSSR count). The topological polar surface area (TPSA) is 54.6 Å². The van der Waals surface area contributed by atoms with Gasteiger partial charge >= 0.3 is 0 Å². The van der Waals surface area contributed by atoms with E-state index in [1.165, 1.54) is 11.8 Å². The average Bonchev–Trinajstić information content (AvgIpc) is 3.24. The molecule has 1 amide bonds. The second kappa shape index (κ2) is 7.47. The van der Waals surface area contributed by atoms with Crippen LogP contribution < -0.4 is 5.32 Å². The number of furan rings is 1. The first-order valence-electron chi connectivity index (χ1n) is 8.29. The van der Waals surface area contributed by atoms with Gasteiger partial charge < -0.3 is 9.73 Å². The maximum atomic E-state index is 12.2. The first-order valence-corrected chi connectivity index (χ1v) is 9.48. The SMILES string of the molecule is Cc1ccc(N=C2NC(=O)C(=Cc3ccc(-c4cccc(Cl)c4)o3)S2)cc1.